The summed E-state index contributed by atoms with van der Waals surface area (Å²) in [7, 11) is 1.59. The highest BCUT2D eigenvalue weighted by atomic mass is 16.5. The molecule has 6 nitrogen and oxygen atoms in total. The van der Waals surface area contributed by atoms with Gasteiger partial charge in [0, 0.05) is 12.6 Å². The molecule has 0 unspecified atom stereocenters. The molecule has 3 rings (SSSR count). The topological polar surface area (TPSA) is 69.0 Å². The fourth-order valence-corrected chi connectivity index (χ4v) is 2.55. The van der Waals surface area contributed by atoms with E-state index in [1.54, 1.807) is 25.3 Å². The van der Waals surface area contributed by atoms with Crippen molar-refractivity contribution >= 4 is 17.1 Å². The van der Waals surface area contributed by atoms with Crippen LogP contribution in [-0.4, -0.2) is 28.1 Å². The van der Waals surface area contributed by atoms with Crippen LogP contribution >= 0.6 is 0 Å². The Morgan fingerprint density at radius 1 is 1.22 bits per heavy atom. The van der Waals surface area contributed by atoms with E-state index in [9.17, 15) is 4.79 Å². The lowest BCUT2D eigenvalue weighted by atomic mass is 10.0. The van der Waals surface area contributed by atoms with Gasteiger partial charge in [0.15, 0.2) is 0 Å². The van der Waals surface area contributed by atoms with Crippen LogP contribution in [0.15, 0.2) is 36.4 Å². The minimum absolute atomic E-state index is 0.305. The van der Waals surface area contributed by atoms with Gasteiger partial charge >= 0.3 is 6.03 Å². The number of rotatable bonds is 3. The van der Waals surface area contributed by atoms with Gasteiger partial charge in [0.05, 0.1) is 12.6 Å². The average molecular weight is 310 g/mol. The van der Waals surface area contributed by atoms with Gasteiger partial charge in [-0.2, -0.15) is 4.68 Å². The SMILES string of the molecule is COc1ccc2c(c1)nnn2C(=O)NCc1c(C)cccc1C. The summed E-state index contributed by atoms with van der Waals surface area (Å²) in [6.45, 7) is 4.52. The van der Waals surface area contributed by atoms with Crippen LogP contribution in [0.25, 0.3) is 11.0 Å². The average Bonchev–Trinajstić information content (AvgIpc) is 2.97. The van der Waals surface area contributed by atoms with Crippen molar-refractivity contribution in [3.8, 4) is 5.75 Å². The van der Waals surface area contributed by atoms with Gasteiger partial charge < -0.3 is 10.1 Å². The number of hydrogen-bond acceptors (Lipinski definition) is 4. The number of benzene rings is 2. The zero-order valence-electron chi connectivity index (χ0n) is 13.3. The number of nitrogens with zero attached hydrogens (tertiary/aromatic N) is 3. The molecule has 118 valence electrons. The molecule has 23 heavy (non-hydrogen) atoms. The van der Waals surface area contributed by atoms with Gasteiger partial charge in [-0.3, -0.25) is 0 Å². The molecule has 3 aromatic rings. The largest absolute Gasteiger partial charge is 0.497 e. The van der Waals surface area contributed by atoms with Crippen LogP contribution in [0.3, 0.4) is 0 Å². The molecule has 0 saturated heterocycles. The monoisotopic (exact) mass is 310 g/mol. The molecule has 1 aromatic heterocycles. The highest BCUT2D eigenvalue weighted by Gasteiger charge is 2.13. The summed E-state index contributed by atoms with van der Waals surface area (Å²) in [6, 6.07) is 11.1. The Balaban J connectivity index is 1.81. The lowest BCUT2D eigenvalue weighted by molar-refractivity contribution is 0.239. The normalized spacial score (nSPS) is 10.7. The van der Waals surface area contributed by atoms with Gasteiger partial charge in [0.2, 0.25) is 0 Å². The Kier molecular flexibility index (Phi) is 3.97. The van der Waals surface area contributed by atoms with Crippen LogP contribution in [0.2, 0.25) is 0 Å². The lowest BCUT2D eigenvalue weighted by Crippen LogP contribution is -2.29. The molecule has 0 saturated carbocycles. The number of methoxy groups -OCH3 is 1. The second-order valence-corrected chi connectivity index (χ2v) is 5.38. The Morgan fingerprint density at radius 2 is 1.96 bits per heavy atom. The minimum atomic E-state index is -0.305. The van der Waals surface area contributed by atoms with Gasteiger partial charge in [-0.1, -0.05) is 23.4 Å². The maximum absolute atomic E-state index is 12.4. The number of fused-ring (bicyclic) bond motifs is 1. The molecule has 0 fully saturated rings. The summed E-state index contributed by atoms with van der Waals surface area (Å²) in [6.07, 6.45) is 0. The molecule has 1 amide bonds. The maximum Gasteiger partial charge on any atom is 0.344 e. The van der Waals surface area contributed by atoms with Crippen LogP contribution in [-0.2, 0) is 6.54 Å². The summed E-state index contributed by atoms with van der Waals surface area (Å²) in [5.41, 5.74) is 4.68. The quantitative estimate of drug-likeness (QED) is 0.807. The number of ether oxygens (including phenoxy) is 1. The van der Waals surface area contributed by atoms with E-state index >= 15 is 0 Å². The molecular formula is C17H18N4O2. The van der Waals surface area contributed by atoms with E-state index in [1.807, 2.05) is 32.0 Å². The second-order valence-electron chi connectivity index (χ2n) is 5.38. The summed E-state index contributed by atoms with van der Waals surface area (Å²) in [5, 5.41) is 10.8. The van der Waals surface area contributed by atoms with Crippen molar-refractivity contribution < 1.29 is 9.53 Å². The molecule has 0 aliphatic rings. The minimum Gasteiger partial charge on any atom is -0.497 e. The van der Waals surface area contributed by atoms with Crippen molar-refractivity contribution in [1.82, 2.24) is 20.3 Å². The number of nitrogens with one attached hydrogen (secondary N) is 1. The van der Waals surface area contributed by atoms with E-state index < -0.39 is 0 Å². The van der Waals surface area contributed by atoms with E-state index in [0.717, 1.165) is 16.7 Å². The smallest absolute Gasteiger partial charge is 0.344 e. The highest BCUT2D eigenvalue weighted by Crippen LogP contribution is 2.18. The van der Waals surface area contributed by atoms with Crippen molar-refractivity contribution in [1.29, 1.82) is 0 Å². The molecule has 0 radical (unpaired) electrons. The van der Waals surface area contributed by atoms with Crippen molar-refractivity contribution in [2.75, 3.05) is 7.11 Å². The van der Waals surface area contributed by atoms with Gasteiger partial charge in [-0.05, 0) is 42.7 Å². The molecule has 0 aliphatic heterocycles. The molecule has 0 spiro atoms. The van der Waals surface area contributed by atoms with Crippen LogP contribution in [0, 0.1) is 13.8 Å². The maximum atomic E-state index is 12.4. The van der Waals surface area contributed by atoms with Crippen molar-refractivity contribution in [3.05, 3.63) is 53.1 Å². The Bertz CT molecular complexity index is 850. The molecule has 1 N–H and O–H groups in total. The molecule has 0 aliphatic carbocycles. The van der Waals surface area contributed by atoms with Gasteiger partial charge in [0.25, 0.3) is 0 Å². The number of hydrogen-bond donors (Lipinski definition) is 1. The van der Waals surface area contributed by atoms with E-state index in [0.29, 0.717) is 23.3 Å². The van der Waals surface area contributed by atoms with Crippen molar-refractivity contribution in [3.63, 3.8) is 0 Å². The van der Waals surface area contributed by atoms with Crippen LogP contribution < -0.4 is 10.1 Å². The molecule has 1 heterocycles. The lowest BCUT2D eigenvalue weighted by Gasteiger charge is -2.10. The van der Waals surface area contributed by atoms with Crippen molar-refractivity contribution in [2.45, 2.75) is 20.4 Å². The summed E-state index contributed by atoms with van der Waals surface area (Å²) in [5.74, 6) is 0.681. The predicted molar refractivity (Wildman–Crippen MR) is 87.6 cm³/mol. The molecular weight excluding hydrogens is 292 g/mol. The number of aromatic nitrogens is 3. The first-order chi connectivity index (χ1) is 11.1. The highest BCUT2D eigenvalue weighted by molar-refractivity contribution is 5.88. The van der Waals surface area contributed by atoms with Gasteiger partial charge in [-0.15, -0.1) is 5.10 Å². The first-order valence-corrected chi connectivity index (χ1v) is 7.33. The number of aryl methyl sites for hydroxylation is 2. The third-order valence-corrected chi connectivity index (χ3v) is 3.91. The van der Waals surface area contributed by atoms with E-state index in [1.165, 1.54) is 4.68 Å². The standard InChI is InChI=1S/C17H18N4O2/c1-11-5-4-6-12(2)14(11)10-18-17(22)21-16-8-7-13(23-3)9-15(16)19-20-21/h4-9H,10H2,1-3H3,(H,18,22). The van der Waals surface area contributed by atoms with Crippen molar-refractivity contribution in [2.24, 2.45) is 0 Å². The third kappa shape index (κ3) is 2.88. The summed E-state index contributed by atoms with van der Waals surface area (Å²) < 4.78 is 6.41. The predicted octanol–water partition coefficient (Wildman–Crippen LogP) is 2.81. The fraction of sp³-hybridized carbons (Fsp3) is 0.235. The Morgan fingerprint density at radius 3 is 2.65 bits per heavy atom. The third-order valence-electron chi connectivity index (χ3n) is 3.91. The summed E-state index contributed by atoms with van der Waals surface area (Å²) >= 11 is 0. The number of carbonyl (C=O) groups excluding carboxylic acids is 1. The first kappa shape index (κ1) is 15.0. The van der Waals surface area contributed by atoms with E-state index in [-0.39, 0.29) is 6.03 Å². The summed E-state index contributed by atoms with van der Waals surface area (Å²) in [4.78, 5) is 12.4. The number of amides is 1. The Labute approximate surface area is 134 Å². The van der Waals surface area contributed by atoms with E-state index in [2.05, 4.69) is 15.6 Å². The Hall–Kier alpha value is -2.89. The molecule has 2 aromatic carbocycles. The van der Waals surface area contributed by atoms with E-state index in [4.69, 9.17) is 4.74 Å². The second kappa shape index (κ2) is 6.08. The molecule has 6 heteroatoms. The van der Waals surface area contributed by atoms with Gasteiger partial charge in [-0.25, -0.2) is 4.79 Å². The number of carbonyl (C=O) groups is 1. The first-order valence-electron chi connectivity index (χ1n) is 7.33. The van der Waals surface area contributed by atoms with Gasteiger partial charge in [0.1, 0.15) is 11.3 Å². The zero-order chi connectivity index (χ0) is 16.4. The van der Waals surface area contributed by atoms with Crippen LogP contribution in [0.4, 0.5) is 4.79 Å². The molecule has 0 bridgehead atoms. The van der Waals surface area contributed by atoms with Crippen LogP contribution in [0.5, 0.6) is 5.75 Å². The van der Waals surface area contributed by atoms with Crippen LogP contribution in [0.1, 0.15) is 16.7 Å². The molecule has 0 atom stereocenters. The zero-order valence-corrected chi connectivity index (χ0v) is 13.3. The fourth-order valence-electron chi connectivity index (χ4n) is 2.55.